The summed E-state index contributed by atoms with van der Waals surface area (Å²) in [4.78, 5) is 17.0. The topological polar surface area (TPSA) is 51.2 Å². The lowest BCUT2D eigenvalue weighted by Gasteiger charge is -2.53. The summed E-state index contributed by atoms with van der Waals surface area (Å²) in [5.74, 6) is 1.33. The molecule has 2 aromatic rings. The van der Waals surface area contributed by atoms with Gasteiger partial charge in [0.15, 0.2) is 0 Å². The molecule has 1 aromatic heterocycles. The molecule has 1 aliphatic heterocycles. The highest BCUT2D eigenvalue weighted by atomic mass is 16.5. The van der Waals surface area contributed by atoms with Gasteiger partial charge in [-0.2, -0.15) is 0 Å². The highest BCUT2D eigenvalue weighted by Gasteiger charge is 2.68. The van der Waals surface area contributed by atoms with Crippen molar-refractivity contribution in [3.05, 3.63) is 42.1 Å². The Morgan fingerprint density at radius 3 is 3.00 bits per heavy atom. The Kier molecular flexibility index (Phi) is 4.47. The van der Waals surface area contributed by atoms with Crippen molar-refractivity contribution in [2.24, 2.45) is 22.7 Å². The van der Waals surface area contributed by atoms with E-state index in [0.717, 1.165) is 25.0 Å². The number of hydrogen-bond acceptors (Lipinski definition) is 3. The van der Waals surface area contributed by atoms with Crippen LogP contribution in [0, 0.1) is 22.7 Å². The number of carbonyl (C=O) groups is 1. The second-order valence-electron chi connectivity index (χ2n) is 10.0. The molecule has 2 bridgehead atoms. The van der Waals surface area contributed by atoms with Crippen LogP contribution in [0.15, 0.2) is 36.5 Å². The predicted octanol–water partition coefficient (Wildman–Crippen LogP) is 5.03. The van der Waals surface area contributed by atoms with E-state index >= 15 is 0 Å². The first-order valence-corrected chi connectivity index (χ1v) is 11.2. The van der Waals surface area contributed by atoms with Gasteiger partial charge in [-0.25, -0.2) is 0 Å². The molecule has 5 rings (SSSR count). The third kappa shape index (κ3) is 2.83. The van der Waals surface area contributed by atoms with Crippen molar-refractivity contribution in [2.75, 3.05) is 6.61 Å². The van der Waals surface area contributed by atoms with Crippen LogP contribution in [0.25, 0.3) is 10.9 Å². The van der Waals surface area contributed by atoms with E-state index in [-0.39, 0.29) is 28.9 Å². The minimum absolute atomic E-state index is 0.111. The average Bonchev–Trinajstić information content (AvgIpc) is 3.20. The van der Waals surface area contributed by atoms with E-state index in [4.69, 9.17) is 4.74 Å². The van der Waals surface area contributed by atoms with Crippen LogP contribution in [0.2, 0.25) is 0 Å². The Labute approximate surface area is 173 Å². The van der Waals surface area contributed by atoms with Crippen molar-refractivity contribution in [2.45, 2.75) is 65.0 Å². The molecule has 0 radical (unpaired) electrons. The first-order chi connectivity index (χ1) is 14.0. The lowest BCUT2D eigenvalue weighted by Crippen LogP contribution is -2.58. The van der Waals surface area contributed by atoms with Gasteiger partial charge in [0.05, 0.1) is 11.6 Å². The van der Waals surface area contributed by atoms with Crippen LogP contribution in [-0.4, -0.2) is 23.5 Å². The van der Waals surface area contributed by atoms with E-state index in [2.05, 4.69) is 55.3 Å². The highest BCUT2D eigenvalue weighted by Crippen LogP contribution is 2.70. The van der Waals surface area contributed by atoms with Crippen molar-refractivity contribution in [3.63, 3.8) is 0 Å². The molecule has 1 spiro atoms. The van der Waals surface area contributed by atoms with Gasteiger partial charge in [0.1, 0.15) is 0 Å². The van der Waals surface area contributed by atoms with E-state index in [1.165, 1.54) is 23.8 Å². The summed E-state index contributed by atoms with van der Waals surface area (Å²) < 4.78 is 6.41. The minimum Gasteiger partial charge on any atom is -0.373 e. The van der Waals surface area contributed by atoms with Crippen molar-refractivity contribution < 1.29 is 9.53 Å². The molecule has 154 valence electrons. The Bertz CT molecular complexity index is 939. The predicted molar refractivity (Wildman–Crippen MR) is 114 cm³/mol. The third-order valence-corrected chi connectivity index (χ3v) is 8.24. The number of pyridine rings is 1. The fraction of sp³-hybridized carbons (Fsp3) is 0.600. The molecular formula is C25H32N2O2. The zero-order valence-corrected chi connectivity index (χ0v) is 17.8. The number of hydrogen-bond donors (Lipinski definition) is 1. The number of fused-ring (bicyclic) bond motifs is 2. The lowest BCUT2D eigenvalue weighted by atomic mass is 9.58. The van der Waals surface area contributed by atoms with Crippen molar-refractivity contribution >= 4 is 16.8 Å². The average molecular weight is 393 g/mol. The number of nitrogens with one attached hydrogen (secondary N) is 1. The van der Waals surface area contributed by atoms with Crippen molar-refractivity contribution in [1.29, 1.82) is 0 Å². The summed E-state index contributed by atoms with van der Waals surface area (Å²) in [5.41, 5.74) is 2.60. The summed E-state index contributed by atoms with van der Waals surface area (Å²) in [5, 5.41) is 4.66. The first kappa shape index (κ1) is 19.0. The Morgan fingerprint density at radius 1 is 1.31 bits per heavy atom. The summed E-state index contributed by atoms with van der Waals surface area (Å²) in [6.07, 6.45) is 6.95. The fourth-order valence-corrected chi connectivity index (χ4v) is 6.85. The van der Waals surface area contributed by atoms with E-state index in [0.29, 0.717) is 18.3 Å². The highest BCUT2D eigenvalue weighted by molar-refractivity contribution is 5.79. The van der Waals surface area contributed by atoms with Crippen LogP contribution in [0.3, 0.4) is 0 Å². The van der Waals surface area contributed by atoms with Gasteiger partial charge in [0, 0.05) is 30.7 Å². The monoisotopic (exact) mass is 392 g/mol. The Hall–Kier alpha value is -1.94. The van der Waals surface area contributed by atoms with Gasteiger partial charge in [-0.05, 0) is 72.1 Å². The number of rotatable bonds is 4. The number of benzene rings is 1. The van der Waals surface area contributed by atoms with Crippen molar-refractivity contribution in [3.8, 4) is 0 Å². The van der Waals surface area contributed by atoms with Gasteiger partial charge in [0.25, 0.3) is 0 Å². The van der Waals surface area contributed by atoms with Crippen LogP contribution < -0.4 is 5.32 Å². The number of nitrogens with zero attached hydrogens (tertiary/aromatic N) is 1. The van der Waals surface area contributed by atoms with Crippen LogP contribution >= 0.6 is 0 Å². The second kappa shape index (κ2) is 6.80. The molecule has 1 saturated heterocycles. The zero-order valence-electron chi connectivity index (χ0n) is 17.8. The Balaban J connectivity index is 1.50. The molecule has 2 heterocycles. The molecule has 4 heteroatoms. The maximum Gasteiger partial charge on any atom is 0.220 e. The maximum absolute atomic E-state index is 12.6. The van der Waals surface area contributed by atoms with Gasteiger partial charge >= 0.3 is 0 Å². The summed E-state index contributed by atoms with van der Waals surface area (Å²) in [6, 6.07) is 10.9. The molecule has 3 aliphatic rings. The molecule has 2 saturated carbocycles. The van der Waals surface area contributed by atoms with Gasteiger partial charge in [-0.3, -0.25) is 9.78 Å². The summed E-state index contributed by atoms with van der Waals surface area (Å²) in [7, 11) is 0. The van der Waals surface area contributed by atoms with Crippen LogP contribution in [0.1, 0.15) is 64.5 Å². The number of carbonyl (C=O) groups excluding carboxylic acids is 1. The molecule has 1 aromatic carbocycles. The SMILES string of the molecule is CCCC(=O)N[C@H]1C(C)(C)[C@@H]2C[C@@H]3[C@@H](c4ccc5ncccc5c4)OCC[C@@]31C2. The molecule has 29 heavy (non-hydrogen) atoms. The minimum atomic E-state index is 0.111. The van der Waals surface area contributed by atoms with E-state index < -0.39 is 0 Å². The summed E-state index contributed by atoms with van der Waals surface area (Å²) in [6.45, 7) is 7.58. The maximum atomic E-state index is 12.6. The fourth-order valence-electron chi connectivity index (χ4n) is 6.85. The largest absolute Gasteiger partial charge is 0.373 e. The molecule has 2 aliphatic carbocycles. The van der Waals surface area contributed by atoms with E-state index in [1.54, 1.807) is 0 Å². The molecule has 3 fully saturated rings. The van der Waals surface area contributed by atoms with Gasteiger partial charge in [-0.1, -0.05) is 32.9 Å². The van der Waals surface area contributed by atoms with Crippen LogP contribution in [-0.2, 0) is 9.53 Å². The smallest absolute Gasteiger partial charge is 0.220 e. The van der Waals surface area contributed by atoms with Crippen molar-refractivity contribution in [1.82, 2.24) is 10.3 Å². The van der Waals surface area contributed by atoms with Crippen LogP contribution in [0.5, 0.6) is 0 Å². The molecular weight excluding hydrogens is 360 g/mol. The zero-order chi connectivity index (χ0) is 20.2. The number of amides is 1. The van der Waals surface area contributed by atoms with Crippen LogP contribution in [0.4, 0.5) is 0 Å². The summed E-state index contributed by atoms with van der Waals surface area (Å²) >= 11 is 0. The molecule has 1 amide bonds. The normalized spacial score (nSPS) is 34.9. The molecule has 4 nitrogen and oxygen atoms in total. The second-order valence-corrected chi connectivity index (χ2v) is 10.0. The van der Waals surface area contributed by atoms with Gasteiger partial charge in [-0.15, -0.1) is 0 Å². The first-order valence-electron chi connectivity index (χ1n) is 11.2. The van der Waals surface area contributed by atoms with Gasteiger partial charge in [0.2, 0.25) is 5.91 Å². The Morgan fingerprint density at radius 2 is 2.17 bits per heavy atom. The number of ether oxygens (including phenoxy) is 1. The van der Waals surface area contributed by atoms with E-state index in [9.17, 15) is 4.79 Å². The standard InChI is InChI=1S/C25H32N2O2/c1-4-6-21(28)27-23-24(2,3)18-14-19-22(29-12-10-25(19,23)15-18)17-8-9-20-16(13-17)7-5-11-26-20/h5,7-9,11,13,18-19,22-23H,4,6,10,12,14-15H2,1-3H3,(H,27,28)/t18-,19-,22-,23+,25-/m1/s1. The van der Waals surface area contributed by atoms with E-state index in [1.807, 2.05) is 12.3 Å². The quantitative estimate of drug-likeness (QED) is 0.794. The number of aromatic nitrogens is 1. The molecule has 5 atom stereocenters. The third-order valence-electron chi connectivity index (χ3n) is 8.24. The molecule has 1 N–H and O–H groups in total. The van der Waals surface area contributed by atoms with Gasteiger partial charge < -0.3 is 10.1 Å². The molecule has 0 unspecified atom stereocenters. The lowest BCUT2D eigenvalue weighted by molar-refractivity contribution is -0.137.